The van der Waals surface area contributed by atoms with Crippen LogP contribution < -0.4 is 5.73 Å². The van der Waals surface area contributed by atoms with Crippen molar-refractivity contribution in [1.29, 1.82) is 0 Å². The first kappa shape index (κ1) is 10.4. The molecule has 1 heterocycles. The molecule has 1 aliphatic carbocycles. The molecule has 15 heavy (non-hydrogen) atoms. The molecule has 0 aromatic carbocycles. The number of carbonyl (C=O) groups excluding carboxylic acids is 1. The summed E-state index contributed by atoms with van der Waals surface area (Å²) in [5.41, 5.74) is 6.64. The number of hydrogen-bond donors (Lipinski definition) is 1. The first-order chi connectivity index (χ1) is 7.31. The van der Waals surface area contributed by atoms with Gasteiger partial charge in [0.05, 0.1) is 12.5 Å². The maximum atomic E-state index is 12.0. The minimum atomic E-state index is 0.185. The summed E-state index contributed by atoms with van der Waals surface area (Å²) in [6.45, 7) is 0.641. The van der Waals surface area contributed by atoms with E-state index in [-0.39, 0.29) is 5.92 Å². The Labute approximate surface area is 89.6 Å². The first-order valence-corrected chi connectivity index (χ1v) is 5.55. The highest BCUT2D eigenvalue weighted by Crippen LogP contribution is 2.32. The predicted molar refractivity (Wildman–Crippen MR) is 57.3 cm³/mol. The normalized spacial score (nSPS) is 25.7. The summed E-state index contributed by atoms with van der Waals surface area (Å²) in [4.78, 5) is 12.0. The molecular formula is C12H17NO2. The van der Waals surface area contributed by atoms with Crippen LogP contribution in [0.1, 0.15) is 24.8 Å². The molecule has 0 spiro atoms. The van der Waals surface area contributed by atoms with E-state index in [2.05, 4.69) is 0 Å². The van der Waals surface area contributed by atoms with Gasteiger partial charge in [-0.3, -0.25) is 4.79 Å². The van der Waals surface area contributed by atoms with Gasteiger partial charge in [0.15, 0.2) is 0 Å². The summed E-state index contributed by atoms with van der Waals surface area (Å²) in [7, 11) is 0. The monoisotopic (exact) mass is 207 g/mol. The fourth-order valence-corrected chi connectivity index (χ4v) is 2.47. The number of carbonyl (C=O) groups is 1. The van der Waals surface area contributed by atoms with Crippen LogP contribution in [0.5, 0.6) is 0 Å². The molecule has 82 valence electrons. The highest BCUT2D eigenvalue weighted by molar-refractivity contribution is 5.83. The number of Topliss-reactive ketones (excluding diaryl/α,β-unsaturated/α-hetero) is 1. The van der Waals surface area contributed by atoms with E-state index in [1.54, 1.807) is 12.5 Å². The molecule has 2 atom stereocenters. The molecule has 0 radical (unpaired) electrons. The molecule has 2 rings (SSSR count). The highest BCUT2D eigenvalue weighted by Gasteiger charge is 2.31. The number of nitrogens with two attached hydrogens (primary N) is 1. The van der Waals surface area contributed by atoms with Crippen LogP contribution in [0.2, 0.25) is 0 Å². The van der Waals surface area contributed by atoms with Crippen molar-refractivity contribution in [2.45, 2.75) is 25.7 Å². The Morgan fingerprint density at radius 1 is 1.53 bits per heavy atom. The van der Waals surface area contributed by atoms with Gasteiger partial charge in [0.2, 0.25) is 0 Å². The lowest BCUT2D eigenvalue weighted by molar-refractivity contribution is -0.123. The number of hydrogen-bond acceptors (Lipinski definition) is 3. The third-order valence-electron chi connectivity index (χ3n) is 3.33. The Kier molecular flexibility index (Phi) is 3.21. The maximum Gasteiger partial charge on any atom is 0.140 e. The van der Waals surface area contributed by atoms with Gasteiger partial charge in [-0.25, -0.2) is 0 Å². The second-order valence-corrected chi connectivity index (χ2v) is 4.31. The van der Waals surface area contributed by atoms with Crippen molar-refractivity contribution in [3.63, 3.8) is 0 Å². The number of furan rings is 1. The Morgan fingerprint density at radius 3 is 3.07 bits per heavy atom. The Morgan fingerprint density at radius 2 is 2.40 bits per heavy atom. The van der Waals surface area contributed by atoms with Crippen molar-refractivity contribution in [3.8, 4) is 0 Å². The SMILES string of the molecule is NCC1CCCC1C(=O)Cc1ccoc1. The zero-order valence-electron chi connectivity index (χ0n) is 8.82. The summed E-state index contributed by atoms with van der Waals surface area (Å²) in [6, 6.07) is 1.85. The van der Waals surface area contributed by atoms with Crippen molar-refractivity contribution in [1.82, 2.24) is 0 Å². The van der Waals surface area contributed by atoms with Gasteiger partial charge in [0.1, 0.15) is 5.78 Å². The summed E-state index contributed by atoms with van der Waals surface area (Å²) >= 11 is 0. The Balaban J connectivity index is 1.96. The van der Waals surface area contributed by atoms with Gasteiger partial charge in [-0.05, 0) is 36.9 Å². The van der Waals surface area contributed by atoms with Crippen LogP contribution in [0, 0.1) is 11.8 Å². The first-order valence-electron chi connectivity index (χ1n) is 5.55. The standard InChI is InChI=1S/C12H17NO2/c13-7-10-2-1-3-11(10)12(14)6-9-4-5-15-8-9/h4-5,8,10-11H,1-3,6-7,13H2. The van der Waals surface area contributed by atoms with E-state index >= 15 is 0 Å². The number of rotatable bonds is 4. The quantitative estimate of drug-likeness (QED) is 0.818. The lowest BCUT2D eigenvalue weighted by Crippen LogP contribution is -2.26. The molecule has 3 nitrogen and oxygen atoms in total. The van der Waals surface area contributed by atoms with Gasteiger partial charge in [-0.2, -0.15) is 0 Å². The van der Waals surface area contributed by atoms with E-state index in [0.717, 1.165) is 24.8 Å². The van der Waals surface area contributed by atoms with Crippen LogP contribution in [0.25, 0.3) is 0 Å². The van der Waals surface area contributed by atoms with Crippen molar-refractivity contribution in [2.24, 2.45) is 17.6 Å². The van der Waals surface area contributed by atoms with Crippen molar-refractivity contribution < 1.29 is 9.21 Å². The molecule has 0 aliphatic heterocycles. The molecule has 1 aromatic rings. The molecule has 3 heteroatoms. The predicted octanol–water partition coefficient (Wildman–Crippen LogP) is 1.77. The van der Waals surface area contributed by atoms with Crippen LogP contribution in [0.3, 0.4) is 0 Å². The van der Waals surface area contributed by atoms with Gasteiger partial charge >= 0.3 is 0 Å². The fourth-order valence-electron chi connectivity index (χ4n) is 2.47. The topological polar surface area (TPSA) is 56.2 Å². The summed E-state index contributed by atoms with van der Waals surface area (Å²) in [5, 5.41) is 0. The lowest BCUT2D eigenvalue weighted by Gasteiger charge is -2.15. The van der Waals surface area contributed by atoms with Crippen molar-refractivity contribution in [3.05, 3.63) is 24.2 Å². The zero-order valence-corrected chi connectivity index (χ0v) is 8.82. The van der Waals surface area contributed by atoms with Crippen LogP contribution in [0.15, 0.2) is 23.0 Å². The van der Waals surface area contributed by atoms with E-state index in [9.17, 15) is 4.79 Å². The molecule has 2 N–H and O–H groups in total. The van der Waals surface area contributed by atoms with E-state index in [1.807, 2.05) is 6.07 Å². The average molecular weight is 207 g/mol. The second-order valence-electron chi connectivity index (χ2n) is 4.31. The van der Waals surface area contributed by atoms with Crippen LogP contribution >= 0.6 is 0 Å². The Hall–Kier alpha value is -1.09. The third kappa shape index (κ3) is 2.29. The molecule has 1 saturated carbocycles. The average Bonchev–Trinajstić information content (AvgIpc) is 2.86. The summed E-state index contributed by atoms with van der Waals surface area (Å²) in [6.07, 6.45) is 7.01. The second kappa shape index (κ2) is 4.62. The van der Waals surface area contributed by atoms with E-state index in [1.165, 1.54) is 0 Å². The van der Waals surface area contributed by atoms with Crippen molar-refractivity contribution >= 4 is 5.78 Å². The largest absolute Gasteiger partial charge is 0.472 e. The van der Waals surface area contributed by atoms with Gasteiger partial charge in [0.25, 0.3) is 0 Å². The minimum absolute atomic E-state index is 0.185. The third-order valence-corrected chi connectivity index (χ3v) is 3.33. The molecule has 1 aliphatic rings. The molecule has 1 fully saturated rings. The van der Waals surface area contributed by atoms with E-state index < -0.39 is 0 Å². The zero-order chi connectivity index (χ0) is 10.7. The van der Waals surface area contributed by atoms with Crippen molar-refractivity contribution in [2.75, 3.05) is 6.54 Å². The van der Waals surface area contributed by atoms with E-state index in [4.69, 9.17) is 10.2 Å². The lowest BCUT2D eigenvalue weighted by atomic mass is 9.89. The maximum absolute atomic E-state index is 12.0. The molecule has 0 amide bonds. The molecule has 0 saturated heterocycles. The highest BCUT2D eigenvalue weighted by atomic mass is 16.3. The summed E-state index contributed by atoms with van der Waals surface area (Å²) < 4.78 is 4.95. The van der Waals surface area contributed by atoms with Gasteiger partial charge in [-0.1, -0.05) is 6.42 Å². The summed E-state index contributed by atoms with van der Waals surface area (Å²) in [5.74, 6) is 0.915. The molecule has 1 aromatic heterocycles. The smallest absolute Gasteiger partial charge is 0.140 e. The fraction of sp³-hybridized carbons (Fsp3) is 0.583. The van der Waals surface area contributed by atoms with Crippen LogP contribution in [-0.4, -0.2) is 12.3 Å². The van der Waals surface area contributed by atoms with Gasteiger partial charge in [0, 0.05) is 12.3 Å². The van der Waals surface area contributed by atoms with E-state index in [0.29, 0.717) is 24.7 Å². The minimum Gasteiger partial charge on any atom is -0.472 e. The molecule has 0 bridgehead atoms. The van der Waals surface area contributed by atoms with Crippen LogP contribution in [-0.2, 0) is 11.2 Å². The van der Waals surface area contributed by atoms with Gasteiger partial charge < -0.3 is 10.2 Å². The number of ketones is 1. The Bertz CT molecular complexity index is 318. The molecule has 2 unspecified atom stereocenters. The van der Waals surface area contributed by atoms with Crippen LogP contribution in [0.4, 0.5) is 0 Å². The van der Waals surface area contributed by atoms with Gasteiger partial charge in [-0.15, -0.1) is 0 Å². The molecular weight excluding hydrogens is 190 g/mol.